The van der Waals surface area contributed by atoms with Crippen LogP contribution in [-0.4, -0.2) is 45.2 Å². The molecule has 112 valence electrons. The second-order valence-corrected chi connectivity index (χ2v) is 6.51. The maximum atomic E-state index is 12.2. The Hall–Kier alpha value is -1.50. The zero-order chi connectivity index (χ0) is 15.0. The van der Waals surface area contributed by atoms with E-state index in [-0.39, 0.29) is 6.04 Å². The largest absolute Gasteiger partial charge is 0.383 e. The van der Waals surface area contributed by atoms with Gasteiger partial charge in [0.05, 0.1) is 10.2 Å². The van der Waals surface area contributed by atoms with Crippen LogP contribution in [0.5, 0.6) is 0 Å². The zero-order valence-electron chi connectivity index (χ0n) is 11.8. The second-order valence-electron chi connectivity index (χ2n) is 5.44. The molecule has 2 N–H and O–H groups in total. The van der Waals surface area contributed by atoms with Crippen LogP contribution < -0.4 is 0 Å². The fourth-order valence-electron chi connectivity index (χ4n) is 2.45. The molecule has 0 spiro atoms. The summed E-state index contributed by atoms with van der Waals surface area (Å²) in [6.45, 7) is 0. The topological polar surface area (TPSA) is 73.7 Å². The van der Waals surface area contributed by atoms with Gasteiger partial charge in [-0.1, -0.05) is 12.1 Å². The number of hydrogen-bond acceptors (Lipinski definition) is 5. The minimum atomic E-state index is -1.46. The third-order valence-electron chi connectivity index (χ3n) is 4.09. The number of aliphatic hydroxyl groups excluding tert-OH is 2. The molecule has 1 fully saturated rings. The number of fused-ring (bicyclic) bond motifs is 1. The fraction of sp³-hybridized carbons (Fsp3) is 0.467. The van der Waals surface area contributed by atoms with Crippen LogP contribution in [0, 0.1) is 0 Å². The number of aromatic nitrogens is 1. The Morgan fingerprint density at radius 1 is 1.38 bits per heavy atom. The molecular formula is C15H18N2O3S. The van der Waals surface area contributed by atoms with Crippen molar-refractivity contribution < 1.29 is 15.0 Å². The Morgan fingerprint density at radius 3 is 2.71 bits per heavy atom. The molecule has 1 amide bonds. The molecule has 0 bridgehead atoms. The van der Waals surface area contributed by atoms with Crippen molar-refractivity contribution in [1.82, 2.24) is 9.88 Å². The molecule has 3 rings (SSSR count). The van der Waals surface area contributed by atoms with Crippen LogP contribution in [0.1, 0.15) is 30.4 Å². The van der Waals surface area contributed by atoms with E-state index in [2.05, 4.69) is 4.98 Å². The van der Waals surface area contributed by atoms with Crippen LogP contribution in [0.3, 0.4) is 0 Å². The highest BCUT2D eigenvalue weighted by atomic mass is 32.1. The molecule has 1 aromatic heterocycles. The number of rotatable bonds is 4. The summed E-state index contributed by atoms with van der Waals surface area (Å²) in [6.07, 6.45) is 0.297. The highest BCUT2D eigenvalue weighted by molar-refractivity contribution is 7.18. The monoisotopic (exact) mass is 306 g/mol. The summed E-state index contributed by atoms with van der Waals surface area (Å²) >= 11 is 1.30. The summed E-state index contributed by atoms with van der Waals surface area (Å²) < 4.78 is 0.929. The van der Waals surface area contributed by atoms with Crippen molar-refractivity contribution in [2.24, 2.45) is 0 Å². The maximum Gasteiger partial charge on any atom is 0.254 e. The lowest BCUT2D eigenvalue weighted by Crippen LogP contribution is -2.47. The fourth-order valence-corrected chi connectivity index (χ4v) is 3.43. The second kappa shape index (κ2) is 5.71. The van der Waals surface area contributed by atoms with Crippen LogP contribution in [0.15, 0.2) is 24.3 Å². The van der Waals surface area contributed by atoms with Crippen molar-refractivity contribution >= 4 is 27.5 Å². The Balaban J connectivity index is 1.76. The Morgan fingerprint density at radius 2 is 2.10 bits per heavy atom. The molecule has 0 aliphatic heterocycles. The Kier molecular flexibility index (Phi) is 3.93. The normalized spacial score (nSPS) is 18.2. The summed E-state index contributed by atoms with van der Waals surface area (Å²) in [5, 5.41) is 20.7. The van der Waals surface area contributed by atoms with Gasteiger partial charge in [0.1, 0.15) is 11.1 Å². The van der Waals surface area contributed by atoms with Gasteiger partial charge in [-0.15, -0.1) is 11.3 Å². The molecule has 0 saturated heterocycles. The number of aliphatic hydroxyl groups is 2. The summed E-state index contributed by atoms with van der Waals surface area (Å²) in [6, 6.07) is 7.69. The van der Waals surface area contributed by atoms with E-state index in [0.717, 1.165) is 29.5 Å². The van der Waals surface area contributed by atoms with E-state index in [4.69, 9.17) is 0 Å². The molecule has 1 heterocycles. The van der Waals surface area contributed by atoms with Crippen LogP contribution in [0.25, 0.3) is 10.2 Å². The number of nitrogens with zero attached hydrogens (tertiary/aromatic N) is 2. The molecule has 2 aromatic rings. The zero-order valence-corrected chi connectivity index (χ0v) is 12.6. The first-order chi connectivity index (χ1) is 10.1. The van der Waals surface area contributed by atoms with Crippen LogP contribution >= 0.6 is 11.3 Å². The minimum Gasteiger partial charge on any atom is -0.383 e. The highest BCUT2D eigenvalue weighted by Gasteiger charge is 2.34. The average molecular weight is 306 g/mol. The van der Waals surface area contributed by atoms with Crippen molar-refractivity contribution in [3.63, 3.8) is 0 Å². The van der Waals surface area contributed by atoms with E-state index >= 15 is 0 Å². The van der Waals surface area contributed by atoms with Gasteiger partial charge in [-0.2, -0.15) is 0 Å². The third kappa shape index (κ3) is 2.66. The van der Waals surface area contributed by atoms with Gasteiger partial charge < -0.3 is 15.1 Å². The first-order valence-electron chi connectivity index (χ1n) is 7.06. The number of benzene rings is 1. The molecule has 6 heteroatoms. The number of amides is 1. The molecule has 0 radical (unpaired) electrons. The molecule has 21 heavy (non-hydrogen) atoms. The van der Waals surface area contributed by atoms with Gasteiger partial charge in [0, 0.05) is 13.1 Å². The van der Waals surface area contributed by atoms with Crippen molar-refractivity contribution in [2.75, 3.05) is 7.05 Å². The molecule has 1 aromatic carbocycles. The lowest BCUT2D eigenvalue weighted by molar-refractivity contribution is -0.148. The van der Waals surface area contributed by atoms with Gasteiger partial charge in [0.2, 0.25) is 0 Å². The van der Waals surface area contributed by atoms with Gasteiger partial charge in [0.15, 0.2) is 6.10 Å². The summed E-state index contributed by atoms with van der Waals surface area (Å²) in [4.78, 5) is 18.0. The molecule has 2 atom stereocenters. The molecule has 0 unspecified atom stereocenters. The van der Waals surface area contributed by atoms with Crippen LogP contribution in [0.2, 0.25) is 0 Å². The third-order valence-corrected chi connectivity index (χ3v) is 5.19. The smallest absolute Gasteiger partial charge is 0.254 e. The molecule has 1 aliphatic carbocycles. The van der Waals surface area contributed by atoms with Crippen molar-refractivity contribution in [2.45, 2.75) is 37.5 Å². The van der Waals surface area contributed by atoms with Crippen LogP contribution in [-0.2, 0) is 4.79 Å². The first kappa shape index (κ1) is 14.4. The van der Waals surface area contributed by atoms with Crippen molar-refractivity contribution in [3.8, 4) is 0 Å². The van der Waals surface area contributed by atoms with Gasteiger partial charge in [-0.25, -0.2) is 4.98 Å². The van der Waals surface area contributed by atoms with E-state index in [9.17, 15) is 15.0 Å². The predicted octanol–water partition coefficient (Wildman–Crippen LogP) is 1.70. The van der Waals surface area contributed by atoms with Crippen LogP contribution in [0.4, 0.5) is 0 Å². The highest BCUT2D eigenvalue weighted by Crippen LogP contribution is 2.30. The first-order valence-corrected chi connectivity index (χ1v) is 7.88. The maximum absolute atomic E-state index is 12.2. The lowest BCUT2D eigenvalue weighted by atomic mass is 9.91. The molecule has 5 nitrogen and oxygen atoms in total. The van der Waals surface area contributed by atoms with E-state index < -0.39 is 18.1 Å². The summed E-state index contributed by atoms with van der Waals surface area (Å²) in [5.74, 6) is -0.438. The van der Waals surface area contributed by atoms with Gasteiger partial charge in [-0.3, -0.25) is 4.79 Å². The van der Waals surface area contributed by atoms with E-state index in [1.165, 1.54) is 11.3 Å². The number of carbonyl (C=O) groups excluding carboxylic acids is 1. The quantitative estimate of drug-likeness (QED) is 0.902. The van der Waals surface area contributed by atoms with E-state index in [0.29, 0.717) is 5.01 Å². The Bertz CT molecular complexity index is 620. The summed E-state index contributed by atoms with van der Waals surface area (Å²) in [7, 11) is 1.68. The SMILES string of the molecule is CN(C(=O)[C@@H](O)[C@H](O)c1nc2ccccc2s1)C1CCC1. The van der Waals surface area contributed by atoms with E-state index in [1.54, 1.807) is 11.9 Å². The molecule has 1 aliphatic rings. The lowest BCUT2D eigenvalue weighted by Gasteiger charge is -2.36. The van der Waals surface area contributed by atoms with Gasteiger partial charge in [-0.05, 0) is 31.4 Å². The Labute approximate surface area is 126 Å². The molecule has 1 saturated carbocycles. The average Bonchev–Trinajstić information content (AvgIpc) is 2.86. The minimum absolute atomic E-state index is 0.190. The number of carbonyl (C=O) groups is 1. The van der Waals surface area contributed by atoms with Crippen molar-refractivity contribution in [1.29, 1.82) is 0 Å². The number of likely N-dealkylation sites (N-methyl/N-ethyl adjacent to an activating group) is 1. The predicted molar refractivity (Wildman–Crippen MR) is 81.0 cm³/mol. The van der Waals surface area contributed by atoms with Crippen molar-refractivity contribution in [3.05, 3.63) is 29.3 Å². The standard InChI is InChI=1S/C15H18N2O3S/c1-17(9-5-4-6-9)15(20)13(19)12(18)14-16-10-7-2-3-8-11(10)21-14/h2-3,7-9,12-13,18-19H,4-6H2,1H3/t12-,13-/m0/s1. The summed E-state index contributed by atoms with van der Waals surface area (Å²) in [5.41, 5.74) is 0.767. The van der Waals surface area contributed by atoms with E-state index in [1.807, 2.05) is 24.3 Å². The number of para-hydroxylation sites is 1. The van der Waals surface area contributed by atoms with Gasteiger partial charge in [0.25, 0.3) is 5.91 Å². The number of thiazole rings is 1. The molecular weight excluding hydrogens is 288 g/mol. The van der Waals surface area contributed by atoms with Gasteiger partial charge >= 0.3 is 0 Å². The number of hydrogen-bond donors (Lipinski definition) is 2.